The summed E-state index contributed by atoms with van der Waals surface area (Å²) < 4.78 is 0. The molecule has 1 radical (unpaired) electrons. The monoisotopic (exact) mass is 230 g/mol. The van der Waals surface area contributed by atoms with Crippen LogP contribution in [-0.2, 0) is 6.42 Å². The largest absolute Gasteiger partial charge is 0.303 e. The molecule has 1 nitrogen and oxygen atoms in total. The van der Waals surface area contributed by atoms with Gasteiger partial charge >= 0.3 is 0 Å². The van der Waals surface area contributed by atoms with Crippen LogP contribution < -0.4 is 0 Å². The maximum absolute atomic E-state index is 2.61. The molecule has 0 saturated carbocycles. The average molecular weight is 230 g/mol. The summed E-state index contributed by atoms with van der Waals surface area (Å²) in [7, 11) is 0. The summed E-state index contributed by atoms with van der Waals surface area (Å²) in [6, 6.07) is 10.8. The van der Waals surface area contributed by atoms with Crippen LogP contribution in [0.4, 0.5) is 0 Å². The number of benzene rings is 1. The number of likely N-dealkylation sites (tertiary alicyclic amines) is 1. The Hall–Kier alpha value is -0.820. The molecule has 2 rings (SSSR count). The van der Waals surface area contributed by atoms with Gasteiger partial charge in [0.05, 0.1) is 0 Å². The number of unbranched alkanes of at least 4 members (excludes halogenated alkanes) is 2. The van der Waals surface area contributed by atoms with Crippen LogP contribution in [0.1, 0.15) is 37.7 Å². The number of nitrogens with zero attached hydrogens (tertiary/aromatic N) is 1. The molecule has 0 bridgehead atoms. The lowest BCUT2D eigenvalue weighted by atomic mass is 10.1. The Kier molecular flexibility index (Phi) is 5.57. The van der Waals surface area contributed by atoms with Gasteiger partial charge in [0, 0.05) is 0 Å². The fourth-order valence-corrected chi connectivity index (χ4v) is 2.51. The third-order valence-electron chi connectivity index (χ3n) is 3.58. The molecule has 1 aromatic rings. The summed E-state index contributed by atoms with van der Waals surface area (Å²) in [5.41, 5.74) is 1.49. The van der Waals surface area contributed by atoms with Gasteiger partial charge in [0.1, 0.15) is 0 Å². The summed E-state index contributed by atoms with van der Waals surface area (Å²) in [6.07, 6.45) is 10.3. The van der Waals surface area contributed by atoms with Crippen molar-refractivity contribution in [1.29, 1.82) is 0 Å². The van der Waals surface area contributed by atoms with Crippen molar-refractivity contribution >= 4 is 0 Å². The van der Waals surface area contributed by atoms with Crippen molar-refractivity contribution in [3.05, 3.63) is 42.3 Å². The van der Waals surface area contributed by atoms with Crippen LogP contribution in [0.15, 0.2) is 30.3 Å². The number of piperidine rings is 1. The zero-order valence-corrected chi connectivity index (χ0v) is 10.8. The van der Waals surface area contributed by atoms with E-state index in [1.807, 2.05) is 0 Å². The van der Waals surface area contributed by atoms with Crippen LogP contribution >= 0.6 is 0 Å². The van der Waals surface area contributed by atoms with Gasteiger partial charge < -0.3 is 4.90 Å². The number of rotatable bonds is 6. The highest BCUT2D eigenvalue weighted by Crippen LogP contribution is 2.10. The highest BCUT2D eigenvalue weighted by Gasteiger charge is 2.08. The number of aryl methyl sites for hydroxylation is 1. The second-order valence-electron chi connectivity index (χ2n) is 5.00. The first kappa shape index (κ1) is 12.6. The van der Waals surface area contributed by atoms with E-state index in [1.54, 1.807) is 0 Å². The second kappa shape index (κ2) is 7.50. The van der Waals surface area contributed by atoms with E-state index in [-0.39, 0.29) is 0 Å². The maximum atomic E-state index is 2.61. The summed E-state index contributed by atoms with van der Waals surface area (Å²) in [4.78, 5) is 2.61. The van der Waals surface area contributed by atoms with Crippen molar-refractivity contribution in [2.45, 2.75) is 38.5 Å². The van der Waals surface area contributed by atoms with Crippen molar-refractivity contribution in [1.82, 2.24) is 4.90 Å². The normalized spacial score (nSPS) is 17.2. The first-order valence-electron chi connectivity index (χ1n) is 7.03. The van der Waals surface area contributed by atoms with Gasteiger partial charge in [0.25, 0.3) is 0 Å². The molecule has 0 N–H and O–H groups in total. The lowest BCUT2D eigenvalue weighted by Crippen LogP contribution is -2.30. The summed E-state index contributed by atoms with van der Waals surface area (Å²) >= 11 is 0. The zero-order valence-electron chi connectivity index (χ0n) is 10.8. The third-order valence-corrected chi connectivity index (χ3v) is 3.58. The molecule has 1 heteroatoms. The zero-order chi connectivity index (χ0) is 11.8. The molecule has 0 unspecified atom stereocenters. The average Bonchev–Trinajstić information content (AvgIpc) is 2.41. The molecular formula is C16H24N. The molecule has 0 aromatic heterocycles. The number of hydrogen-bond donors (Lipinski definition) is 0. The van der Waals surface area contributed by atoms with Crippen LogP contribution in [0.25, 0.3) is 0 Å². The summed E-state index contributed by atoms with van der Waals surface area (Å²) in [5.74, 6) is 0. The van der Waals surface area contributed by atoms with Gasteiger partial charge in [0.15, 0.2) is 0 Å². The van der Waals surface area contributed by atoms with Gasteiger partial charge in [-0.05, 0) is 63.7 Å². The molecule has 0 spiro atoms. The highest BCUT2D eigenvalue weighted by atomic mass is 15.1. The molecule has 17 heavy (non-hydrogen) atoms. The standard InChI is InChI=1S/C16H24N/c1-4-10-16(11-5-1)12-6-2-7-13-17-14-8-3-9-15-17/h1,3-5,10-11H,2,6-9,12-15H2. The van der Waals surface area contributed by atoms with Crippen LogP contribution in [0.5, 0.6) is 0 Å². The molecule has 1 aliphatic heterocycles. The van der Waals surface area contributed by atoms with E-state index >= 15 is 0 Å². The molecule has 1 heterocycles. The van der Waals surface area contributed by atoms with E-state index in [4.69, 9.17) is 0 Å². The molecule has 1 aliphatic rings. The van der Waals surface area contributed by atoms with Crippen LogP contribution in [-0.4, -0.2) is 24.5 Å². The minimum absolute atomic E-state index is 1.24. The van der Waals surface area contributed by atoms with Crippen LogP contribution in [0, 0.1) is 6.42 Å². The van der Waals surface area contributed by atoms with Gasteiger partial charge in [-0.15, -0.1) is 0 Å². The second-order valence-corrected chi connectivity index (χ2v) is 5.00. The molecule has 0 amide bonds. The van der Waals surface area contributed by atoms with Crippen molar-refractivity contribution < 1.29 is 0 Å². The van der Waals surface area contributed by atoms with E-state index in [2.05, 4.69) is 41.7 Å². The minimum Gasteiger partial charge on any atom is -0.303 e. The molecule has 1 fully saturated rings. The maximum Gasteiger partial charge on any atom is -0.00160 e. The summed E-state index contributed by atoms with van der Waals surface area (Å²) in [6.45, 7) is 3.89. The molecule has 0 aliphatic carbocycles. The number of hydrogen-bond acceptors (Lipinski definition) is 1. The van der Waals surface area contributed by atoms with E-state index < -0.39 is 0 Å². The lowest BCUT2D eigenvalue weighted by Gasteiger charge is -2.26. The highest BCUT2D eigenvalue weighted by molar-refractivity contribution is 5.14. The fourth-order valence-electron chi connectivity index (χ4n) is 2.51. The van der Waals surface area contributed by atoms with Crippen molar-refractivity contribution in [3.63, 3.8) is 0 Å². The molecule has 93 valence electrons. The predicted molar refractivity (Wildman–Crippen MR) is 74.0 cm³/mol. The van der Waals surface area contributed by atoms with Gasteiger partial charge in [0.2, 0.25) is 0 Å². The Morgan fingerprint density at radius 2 is 1.65 bits per heavy atom. The van der Waals surface area contributed by atoms with Crippen LogP contribution in [0.3, 0.4) is 0 Å². The quantitative estimate of drug-likeness (QED) is 0.674. The third kappa shape index (κ3) is 4.91. The van der Waals surface area contributed by atoms with E-state index in [1.165, 1.54) is 63.7 Å². The smallest absolute Gasteiger partial charge is 0.00160 e. The van der Waals surface area contributed by atoms with E-state index in [0.717, 1.165) is 0 Å². The van der Waals surface area contributed by atoms with Gasteiger partial charge in [-0.2, -0.15) is 0 Å². The molecule has 0 atom stereocenters. The Labute approximate surface area is 106 Å². The van der Waals surface area contributed by atoms with Crippen LogP contribution in [0.2, 0.25) is 0 Å². The Morgan fingerprint density at radius 1 is 0.882 bits per heavy atom. The predicted octanol–water partition coefficient (Wildman–Crippen LogP) is 3.70. The van der Waals surface area contributed by atoms with E-state index in [0.29, 0.717) is 0 Å². The molecular weight excluding hydrogens is 206 g/mol. The summed E-state index contributed by atoms with van der Waals surface area (Å²) in [5, 5.41) is 0. The fraction of sp³-hybridized carbons (Fsp3) is 0.562. The first-order valence-corrected chi connectivity index (χ1v) is 7.03. The van der Waals surface area contributed by atoms with E-state index in [9.17, 15) is 0 Å². The van der Waals surface area contributed by atoms with Gasteiger partial charge in [-0.3, -0.25) is 0 Å². The van der Waals surface area contributed by atoms with Gasteiger partial charge in [-0.1, -0.05) is 36.8 Å². The Bertz CT molecular complexity index is 288. The van der Waals surface area contributed by atoms with Gasteiger partial charge in [-0.25, -0.2) is 0 Å². The molecule has 1 saturated heterocycles. The molecule has 1 aromatic carbocycles. The Morgan fingerprint density at radius 3 is 2.41 bits per heavy atom. The first-order chi connectivity index (χ1) is 8.45. The lowest BCUT2D eigenvalue weighted by molar-refractivity contribution is 0.248. The van der Waals surface area contributed by atoms with Crippen molar-refractivity contribution in [2.24, 2.45) is 0 Å². The Balaban J connectivity index is 1.51. The SMILES string of the molecule is [CH]1CCN(CCCCCc2ccccc2)CC1. The van der Waals surface area contributed by atoms with Crippen molar-refractivity contribution in [2.75, 3.05) is 19.6 Å². The van der Waals surface area contributed by atoms with Crippen molar-refractivity contribution in [3.8, 4) is 0 Å². The minimum atomic E-state index is 1.24. The topological polar surface area (TPSA) is 3.24 Å².